The van der Waals surface area contributed by atoms with Gasteiger partial charge in [0.1, 0.15) is 11.9 Å². The molecule has 8 heteroatoms. The van der Waals surface area contributed by atoms with Crippen LogP contribution in [0.25, 0.3) is 0 Å². The number of benzene rings is 1. The Morgan fingerprint density at radius 2 is 1.58 bits per heavy atom. The summed E-state index contributed by atoms with van der Waals surface area (Å²) in [7, 11) is -0.388. The molecule has 48 heavy (non-hydrogen) atoms. The summed E-state index contributed by atoms with van der Waals surface area (Å²) in [5.74, 6) is 4.16. The van der Waals surface area contributed by atoms with Gasteiger partial charge < -0.3 is 29.2 Å². The van der Waals surface area contributed by atoms with Crippen molar-refractivity contribution < 1.29 is 29.1 Å². The third kappa shape index (κ3) is 5.96. The van der Waals surface area contributed by atoms with Gasteiger partial charge >= 0.3 is 7.12 Å². The van der Waals surface area contributed by atoms with E-state index < -0.39 is 0 Å². The summed E-state index contributed by atoms with van der Waals surface area (Å²) in [5.41, 5.74) is 0.743. The second kappa shape index (κ2) is 12.6. The van der Waals surface area contributed by atoms with Gasteiger partial charge in [0.2, 0.25) is 5.91 Å². The van der Waals surface area contributed by atoms with Gasteiger partial charge in [-0.05, 0) is 149 Å². The van der Waals surface area contributed by atoms with Gasteiger partial charge in [0.15, 0.2) is 0 Å². The average Bonchev–Trinajstić information content (AvgIpc) is 3.70. The Bertz CT molecular complexity index is 1320. The lowest BCUT2D eigenvalue weighted by Crippen LogP contribution is -2.58. The molecule has 0 radical (unpaired) electrons. The van der Waals surface area contributed by atoms with E-state index in [1.54, 1.807) is 0 Å². The second-order valence-corrected chi connectivity index (χ2v) is 18.5. The summed E-state index contributed by atoms with van der Waals surface area (Å²) in [6.07, 6.45) is 10.6. The summed E-state index contributed by atoms with van der Waals surface area (Å²) in [5, 5.41) is 22.0. The molecule has 2 aliphatic heterocycles. The van der Waals surface area contributed by atoms with Gasteiger partial charge in [0.05, 0.1) is 30.0 Å². The van der Waals surface area contributed by atoms with Gasteiger partial charge in [0.25, 0.3) is 0 Å². The number of aliphatic hydroxyl groups excluding tert-OH is 2. The van der Waals surface area contributed by atoms with Crippen LogP contribution in [0.1, 0.15) is 119 Å². The molecule has 6 aliphatic rings. The molecule has 2 saturated heterocycles. The Morgan fingerprint density at radius 3 is 2.29 bits per heavy atom. The Labute approximate surface area is 290 Å². The van der Waals surface area contributed by atoms with Crippen molar-refractivity contribution in [3.8, 4) is 5.75 Å². The summed E-state index contributed by atoms with van der Waals surface area (Å²) in [6, 6.07) is 8.01. The first kappa shape index (κ1) is 34.8. The summed E-state index contributed by atoms with van der Waals surface area (Å²) in [6.45, 7) is 17.1. The fourth-order valence-electron chi connectivity index (χ4n) is 11.8. The van der Waals surface area contributed by atoms with E-state index >= 15 is 0 Å². The fraction of sp³-hybridized carbons (Fsp3) is 0.825. The number of hydrogen-bond acceptors (Lipinski definition) is 6. The molecule has 6 fully saturated rings. The minimum Gasteiger partial charge on any atom is -0.489 e. The summed E-state index contributed by atoms with van der Waals surface area (Å²) >= 11 is 0. The van der Waals surface area contributed by atoms with E-state index in [0.717, 1.165) is 56.3 Å². The lowest BCUT2D eigenvalue weighted by atomic mass is 9.43. The molecule has 1 aromatic carbocycles. The van der Waals surface area contributed by atoms with E-state index in [2.05, 4.69) is 48.5 Å². The molecule has 11 atom stereocenters. The molecule has 7 nitrogen and oxygen atoms in total. The van der Waals surface area contributed by atoms with Crippen molar-refractivity contribution in [1.29, 1.82) is 0 Å². The molecule has 266 valence electrons. The number of amides is 1. The third-order valence-corrected chi connectivity index (χ3v) is 15.4. The lowest BCUT2D eigenvalue weighted by Gasteiger charge is -2.62. The topological polar surface area (TPSA) is 88.5 Å². The van der Waals surface area contributed by atoms with Crippen molar-refractivity contribution in [3.05, 3.63) is 24.3 Å². The second-order valence-electron chi connectivity index (χ2n) is 18.5. The molecule has 1 aromatic rings. The number of rotatable bonds is 7. The number of fused-ring (bicyclic) bond motifs is 5. The van der Waals surface area contributed by atoms with Gasteiger partial charge in [0, 0.05) is 19.4 Å². The zero-order valence-corrected chi connectivity index (χ0v) is 30.7. The highest BCUT2D eigenvalue weighted by Crippen LogP contribution is 2.68. The summed E-state index contributed by atoms with van der Waals surface area (Å²) in [4.78, 5) is 15.4. The predicted octanol–water partition coefficient (Wildman–Crippen LogP) is 6.37. The highest BCUT2D eigenvalue weighted by Gasteiger charge is 2.63. The smallest absolute Gasteiger partial charge is 0.489 e. The number of carbonyl (C=O) groups is 1. The standard InChI is InChI=1S/C40H62BNO6/c1-25(31-13-14-32-36-33(17-20-40(31,32)7)39(6)19-16-28(43)22-26(39)23-34(36)44)8-15-35(45)42-21-18-30(24-42)46-29-11-9-27(10-12-29)41-47-37(2,3)38(4,5)48-41/h9-12,25-26,28,30-34,36,43-44H,8,13-24H2,1-7H3/t25-,26+,28-,30-,31-,32+,33+,34+,36?,39+,40-/m1/s1. The van der Waals surface area contributed by atoms with Crippen LogP contribution in [0.3, 0.4) is 0 Å². The van der Waals surface area contributed by atoms with Crippen molar-refractivity contribution in [2.45, 2.75) is 149 Å². The van der Waals surface area contributed by atoms with Crippen molar-refractivity contribution in [3.63, 3.8) is 0 Å². The van der Waals surface area contributed by atoms with E-state index in [1.165, 1.54) is 25.7 Å². The first-order valence-electron chi connectivity index (χ1n) is 19.4. The molecule has 1 unspecified atom stereocenters. The molecule has 0 aromatic heterocycles. The quantitative estimate of drug-likeness (QED) is 0.330. The highest BCUT2D eigenvalue weighted by atomic mass is 16.7. The van der Waals surface area contributed by atoms with Gasteiger partial charge in [-0.3, -0.25) is 4.79 Å². The molecular formula is C40H62BNO6. The van der Waals surface area contributed by atoms with Gasteiger partial charge in [-0.25, -0.2) is 0 Å². The normalized spacial score (nSPS) is 42.2. The van der Waals surface area contributed by atoms with Crippen LogP contribution in [-0.4, -0.2) is 70.7 Å². The number of hydrogen-bond donors (Lipinski definition) is 2. The SMILES string of the molecule is C[C@H](CCC(=O)N1CC[C@@H](Oc2ccc(B3OC(C)(C)C(C)(C)O3)cc2)C1)[C@H]1CC[C@H]2C3[C@@H](O)C[C@@H]4C[C@H](O)CC[C@]4(C)[C@H]3CC[C@]12C. The largest absolute Gasteiger partial charge is 0.494 e. The Balaban J connectivity index is 0.900. The number of likely N-dealkylation sites (tertiary alicyclic amines) is 1. The van der Waals surface area contributed by atoms with Crippen LogP contribution in [0.15, 0.2) is 24.3 Å². The van der Waals surface area contributed by atoms with Crippen LogP contribution >= 0.6 is 0 Å². The van der Waals surface area contributed by atoms with E-state index in [4.69, 9.17) is 14.0 Å². The maximum absolute atomic E-state index is 13.4. The highest BCUT2D eigenvalue weighted by molar-refractivity contribution is 6.62. The van der Waals surface area contributed by atoms with Gasteiger partial charge in [-0.2, -0.15) is 0 Å². The van der Waals surface area contributed by atoms with E-state index in [0.29, 0.717) is 48.5 Å². The molecule has 1 amide bonds. The van der Waals surface area contributed by atoms with E-state index in [1.807, 2.05) is 29.2 Å². The average molecular weight is 664 g/mol. The molecule has 4 saturated carbocycles. The minimum absolute atomic E-state index is 0.00885. The van der Waals surface area contributed by atoms with Gasteiger partial charge in [-0.15, -0.1) is 0 Å². The maximum atomic E-state index is 13.4. The molecular weight excluding hydrogens is 601 g/mol. The number of aliphatic hydroxyl groups is 2. The van der Waals surface area contributed by atoms with Crippen LogP contribution in [0.4, 0.5) is 0 Å². The summed E-state index contributed by atoms with van der Waals surface area (Å²) < 4.78 is 18.7. The predicted molar refractivity (Wildman–Crippen MR) is 189 cm³/mol. The van der Waals surface area contributed by atoms with Crippen LogP contribution in [0.2, 0.25) is 0 Å². The van der Waals surface area contributed by atoms with Crippen molar-refractivity contribution in [2.75, 3.05) is 13.1 Å². The molecule has 0 spiro atoms. The monoisotopic (exact) mass is 663 g/mol. The van der Waals surface area contributed by atoms with E-state index in [-0.39, 0.29) is 53.4 Å². The third-order valence-electron chi connectivity index (χ3n) is 15.4. The van der Waals surface area contributed by atoms with Crippen LogP contribution in [0.5, 0.6) is 5.75 Å². The zero-order valence-electron chi connectivity index (χ0n) is 30.7. The van der Waals surface area contributed by atoms with Crippen LogP contribution in [0, 0.1) is 46.3 Å². The Hall–Kier alpha value is -1.61. The van der Waals surface area contributed by atoms with Crippen molar-refractivity contribution in [2.24, 2.45) is 46.3 Å². The number of ether oxygens (including phenoxy) is 1. The molecule has 7 rings (SSSR count). The van der Waals surface area contributed by atoms with Crippen molar-refractivity contribution in [1.82, 2.24) is 4.90 Å². The Morgan fingerprint density at radius 1 is 0.917 bits per heavy atom. The Kier molecular flexibility index (Phi) is 9.11. The van der Waals surface area contributed by atoms with E-state index in [9.17, 15) is 15.0 Å². The molecule has 2 heterocycles. The minimum atomic E-state index is -0.388. The maximum Gasteiger partial charge on any atom is 0.494 e. The van der Waals surface area contributed by atoms with Crippen molar-refractivity contribution >= 4 is 18.5 Å². The van der Waals surface area contributed by atoms with Crippen LogP contribution in [-0.2, 0) is 14.1 Å². The molecule has 4 aliphatic carbocycles. The first-order valence-corrected chi connectivity index (χ1v) is 19.4. The zero-order chi connectivity index (χ0) is 34.2. The fourth-order valence-corrected chi connectivity index (χ4v) is 11.8. The lowest BCUT2D eigenvalue weighted by molar-refractivity contribution is -0.174. The van der Waals surface area contributed by atoms with Gasteiger partial charge in [-0.1, -0.05) is 32.9 Å². The number of nitrogens with zero attached hydrogens (tertiary/aromatic N) is 1. The molecule has 0 bridgehead atoms. The number of carbonyl (C=O) groups excluding carboxylic acids is 1. The first-order chi connectivity index (χ1) is 22.6. The van der Waals surface area contributed by atoms with Crippen LogP contribution < -0.4 is 10.2 Å². The molecule has 2 N–H and O–H groups in total.